The van der Waals surface area contributed by atoms with Crippen LogP contribution in [0.15, 0.2) is 81.4 Å². The molecule has 0 bridgehead atoms. The number of amidine groups is 1. The summed E-state index contributed by atoms with van der Waals surface area (Å²) in [6.45, 7) is 0. The fourth-order valence-electron chi connectivity index (χ4n) is 2.74. The van der Waals surface area contributed by atoms with Crippen molar-refractivity contribution in [3.8, 4) is 11.3 Å². The Balaban J connectivity index is 1.38. The summed E-state index contributed by atoms with van der Waals surface area (Å²) < 4.78 is 5.74. The number of furan rings is 1. The Morgan fingerprint density at radius 2 is 1.86 bits per heavy atom. The maximum absolute atomic E-state index is 12.1. The summed E-state index contributed by atoms with van der Waals surface area (Å²) in [6.07, 6.45) is 2.17. The molecule has 5 nitrogen and oxygen atoms in total. The average molecular weight is 410 g/mol. The van der Waals surface area contributed by atoms with Crippen molar-refractivity contribution >= 4 is 40.7 Å². The summed E-state index contributed by atoms with van der Waals surface area (Å²) in [5, 5.41) is 11.9. The van der Waals surface area contributed by atoms with E-state index in [1.165, 1.54) is 18.0 Å². The Bertz CT molecular complexity index is 1030. The molecule has 1 amide bonds. The van der Waals surface area contributed by atoms with Crippen LogP contribution in [-0.4, -0.2) is 22.5 Å². The van der Waals surface area contributed by atoms with E-state index in [0.717, 1.165) is 16.9 Å². The summed E-state index contributed by atoms with van der Waals surface area (Å²) in [4.78, 5) is 12.1. The lowest BCUT2D eigenvalue weighted by molar-refractivity contribution is -0.118. The standard InChI is InChI=1S/C21H16ClN3O2S/c22-16-8-6-15(7-9-16)18-11-10-17(27-18)13-23-25-21-24-20(26)19(28-21)12-14-4-2-1-3-5-14/h1-11,13,19H,12H2,(H,24,25,26)/b23-13-. The number of carbonyl (C=O) groups excluding carboxylic acids is 1. The van der Waals surface area contributed by atoms with E-state index in [0.29, 0.717) is 22.4 Å². The molecule has 1 aliphatic rings. The molecule has 3 aromatic rings. The highest BCUT2D eigenvalue weighted by Crippen LogP contribution is 2.24. The number of amides is 1. The van der Waals surface area contributed by atoms with Crippen molar-refractivity contribution in [1.82, 2.24) is 5.32 Å². The third kappa shape index (κ3) is 4.52. The molecule has 1 N–H and O–H groups in total. The first-order valence-corrected chi connectivity index (χ1v) is 9.91. The van der Waals surface area contributed by atoms with Crippen molar-refractivity contribution in [2.45, 2.75) is 11.7 Å². The van der Waals surface area contributed by atoms with Crippen LogP contribution in [0.1, 0.15) is 11.3 Å². The Kier molecular flexibility index (Phi) is 5.60. The molecule has 1 fully saturated rings. The Morgan fingerprint density at radius 1 is 1.07 bits per heavy atom. The smallest absolute Gasteiger partial charge is 0.239 e. The second-order valence-electron chi connectivity index (χ2n) is 6.14. The maximum atomic E-state index is 12.1. The van der Waals surface area contributed by atoms with Crippen molar-refractivity contribution in [3.05, 3.63) is 83.1 Å². The molecule has 0 radical (unpaired) electrons. The molecule has 2 aromatic carbocycles. The van der Waals surface area contributed by atoms with Gasteiger partial charge in [-0.1, -0.05) is 53.7 Å². The van der Waals surface area contributed by atoms with Crippen LogP contribution in [0.3, 0.4) is 0 Å². The molecule has 28 heavy (non-hydrogen) atoms. The third-order valence-corrected chi connectivity index (χ3v) is 5.45. The van der Waals surface area contributed by atoms with Gasteiger partial charge in [0.2, 0.25) is 5.91 Å². The molecular formula is C21H16ClN3O2S. The fraction of sp³-hybridized carbons (Fsp3) is 0.0952. The van der Waals surface area contributed by atoms with Crippen LogP contribution in [0.25, 0.3) is 11.3 Å². The Hall–Kier alpha value is -2.83. The first kappa shape index (κ1) is 18.5. The van der Waals surface area contributed by atoms with Crippen LogP contribution >= 0.6 is 23.4 Å². The number of halogens is 1. The van der Waals surface area contributed by atoms with Crippen molar-refractivity contribution < 1.29 is 9.21 Å². The van der Waals surface area contributed by atoms with Crippen molar-refractivity contribution in [3.63, 3.8) is 0 Å². The summed E-state index contributed by atoms with van der Waals surface area (Å²) in [7, 11) is 0. The molecule has 4 rings (SSSR count). The molecule has 0 spiro atoms. The van der Waals surface area contributed by atoms with Gasteiger partial charge in [0, 0.05) is 10.6 Å². The topological polar surface area (TPSA) is 67.0 Å². The molecule has 140 valence electrons. The second kappa shape index (κ2) is 8.46. The Labute approximate surface area is 171 Å². The van der Waals surface area contributed by atoms with Gasteiger partial charge in [0.1, 0.15) is 11.5 Å². The molecule has 2 heterocycles. The largest absolute Gasteiger partial charge is 0.455 e. The maximum Gasteiger partial charge on any atom is 0.239 e. The molecule has 1 atom stereocenters. The first-order chi connectivity index (χ1) is 13.7. The van der Waals surface area contributed by atoms with Crippen LogP contribution in [0.4, 0.5) is 0 Å². The summed E-state index contributed by atoms with van der Waals surface area (Å²) in [6, 6.07) is 21.0. The highest BCUT2D eigenvalue weighted by atomic mass is 35.5. The van der Waals surface area contributed by atoms with E-state index in [9.17, 15) is 4.79 Å². The zero-order valence-electron chi connectivity index (χ0n) is 14.7. The van der Waals surface area contributed by atoms with E-state index in [1.807, 2.05) is 66.7 Å². The minimum atomic E-state index is -0.198. The number of hydrogen-bond donors (Lipinski definition) is 1. The number of nitrogens with zero attached hydrogens (tertiary/aromatic N) is 2. The zero-order valence-corrected chi connectivity index (χ0v) is 16.3. The van der Waals surface area contributed by atoms with E-state index in [4.69, 9.17) is 16.0 Å². The number of hydrogen-bond acceptors (Lipinski definition) is 5. The second-order valence-corrected chi connectivity index (χ2v) is 7.77. The quantitative estimate of drug-likeness (QED) is 0.487. The van der Waals surface area contributed by atoms with Gasteiger partial charge in [-0.05, 0) is 48.4 Å². The number of rotatable bonds is 5. The van der Waals surface area contributed by atoms with Gasteiger partial charge in [-0.2, -0.15) is 5.10 Å². The summed E-state index contributed by atoms with van der Waals surface area (Å²) in [5.74, 6) is 1.24. The number of thioether (sulfide) groups is 1. The predicted molar refractivity (Wildman–Crippen MR) is 114 cm³/mol. The van der Waals surface area contributed by atoms with Gasteiger partial charge >= 0.3 is 0 Å². The molecule has 1 saturated heterocycles. The van der Waals surface area contributed by atoms with E-state index in [1.54, 1.807) is 0 Å². The average Bonchev–Trinajstić information content (AvgIpc) is 3.30. The van der Waals surface area contributed by atoms with Crippen molar-refractivity contribution in [2.24, 2.45) is 10.2 Å². The van der Waals surface area contributed by atoms with Gasteiger partial charge in [0.05, 0.1) is 11.5 Å². The molecule has 0 saturated carbocycles. The monoisotopic (exact) mass is 409 g/mol. The van der Waals surface area contributed by atoms with Crippen LogP contribution in [0, 0.1) is 0 Å². The number of benzene rings is 2. The Morgan fingerprint density at radius 3 is 2.64 bits per heavy atom. The molecule has 1 aromatic heterocycles. The lowest BCUT2D eigenvalue weighted by atomic mass is 10.1. The first-order valence-electron chi connectivity index (χ1n) is 8.65. The van der Waals surface area contributed by atoms with Crippen LogP contribution in [0.5, 0.6) is 0 Å². The van der Waals surface area contributed by atoms with Gasteiger partial charge in [0.15, 0.2) is 5.17 Å². The van der Waals surface area contributed by atoms with E-state index in [2.05, 4.69) is 15.5 Å². The van der Waals surface area contributed by atoms with Crippen molar-refractivity contribution in [1.29, 1.82) is 0 Å². The molecule has 7 heteroatoms. The minimum absolute atomic E-state index is 0.0502. The summed E-state index contributed by atoms with van der Waals surface area (Å²) in [5.41, 5.74) is 2.04. The fourth-order valence-corrected chi connectivity index (χ4v) is 3.84. The third-order valence-electron chi connectivity index (χ3n) is 4.13. The van der Waals surface area contributed by atoms with E-state index in [-0.39, 0.29) is 11.2 Å². The van der Waals surface area contributed by atoms with Crippen LogP contribution in [-0.2, 0) is 11.2 Å². The number of carbonyl (C=O) groups is 1. The highest BCUT2D eigenvalue weighted by molar-refractivity contribution is 8.15. The van der Waals surface area contributed by atoms with E-state index >= 15 is 0 Å². The van der Waals surface area contributed by atoms with Crippen LogP contribution in [0.2, 0.25) is 5.02 Å². The predicted octanol–water partition coefficient (Wildman–Crippen LogP) is 4.76. The van der Waals surface area contributed by atoms with Gasteiger partial charge < -0.3 is 9.73 Å². The lowest BCUT2D eigenvalue weighted by Gasteiger charge is -2.04. The molecule has 0 aliphatic carbocycles. The minimum Gasteiger partial charge on any atom is -0.455 e. The van der Waals surface area contributed by atoms with Gasteiger partial charge in [-0.25, -0.2) is 0 Å². The van der Waals surface area contributed by atoms with Gasteiger partial charge in [-0.3, -0.25) is 4.79 Å². The van der Waals surface area contributed by atoms with E-state index < -0.39 is 0 Å². The normalized spacial score (nSPS) is 18.1. The SMILES string of the molecule is O=C1N/C(=N/N=C\c2ccc(-c3ccc(Cl)cc3)o2)SC1Cc1ccccc1. The lowest BCUT2D eigenvalue weighted by Crippen LogP contribution is -2.25. The van der Waals surface area contributed by atoms with Gasteiger partial charge in [-0.15, -0.1) is 5.10 Å². The molecular weight excluding hydrogens is 394 g/mol. The molecule has 1 aliphatic heterocycles. The van der Waals surface area contributed by atoms with Crippen LogP contribution < -0.4 is 5.32 Å². The zero-order chi connectivity index (χ0) is 19.3. The van der Waals surface area contributed by atoms with Crippen molar-refractivity contribution in [2.75, 3.05) is 0 Å². The van der Waals surface area contributed by atoms with Gasteiger partial charge in [0.25, 0.3) is 0 Å². The number of nitrogens with one attached hydrogen (secondary N) is 1. The highest BCUT2D eigenvalue weighted by Gasteiger charge is 2.30. The summed E-state index contributed by atoms with van der Waals surface area (Å²) >= 11 is 7.29. The molecule has 1 unspecified atom stereocenters.